The molecule has 0 aromatic carbocycles. The van der Waals surface area contributed by atoms with Gasteiger partial charge in [-0.3, -0.25) is 0 Å². The van der Waals surface area contributed by atoms with E-state index in [1.807, 2.05) is 0 Å². The van der Waals surface area contributed by atoms with Gasteiger partial charge in [-0.1, -0.05) is 23.8 Å². The number of aromatic nitrogens is 5. The molecule has 0 unspecified atom stereocenters. The van der Waals surface area contributed by atoms with Crippen molar-refractivity contribution < 1.29 is 4.52 Å². The van der Waals surface area contributed by atoms with Crippen LogP contribution >= 0.6 is 11.8 Å². The van der Waals surface area contributed by atoms with Crippen LogP contribution in [0.4, 0.5) is 0 Å². The summed E-state index contributed by atoms with van der Waals surface area (Å²) in [5, 5.41) is 13.2. The van der Waals surface area contributed by atoms with Crippen molar-refractivity contribution >= 4 is 11.8 Å². The zero-order valence-corrected chi connectivity index (χ0v) is 12.3. The van der Waals surface area contributed by atoms with Crippen molar-refractivity contribution in [2.75, 3.05) is 0 Å². The maximum Gasteiger partial charge on any atom is 0.226 e. The van der Waals surface area contributed by atoms with Gasteiger partial charge in [-0.2, -0.15) is 4.98 Å². The van der Waals surface area contributed by atoms with E-state index in [0.717, 1.165) is 23.8 Å². The molecule has 20 heavy (non-hydrogen) atoms. The van der Waals surface area contributed by atoms with Crippen LogP contribution in [0.5, 0.6) is 0 Å². The monoisotopic (exact) mass is 294 g/mol. The summed E-state index contributed by atoms with van der Waals surface area (Å²) in [4.78, 5) is 4.35. The normalized spacial score (nSPS) is 14.9. The highest BCUT2D eigenvalue weighted by Gasteiger charge is 2.29. The largest absolute Gasteiger partial charge is 0.339 e. The van der Waals surface area contributed by atoms with Crippen LogP contribution < -0.4 is 5.73 Å². The van der Waals surface area contributed by atoms with Crippen LogP contribution in [-0.4, -0.2) is 24.9 Å². The molecule has 1 saturated carbocycles. The molecule has 0 bridgehead atoms. The molecule has 1 aliphatic rings. The van der Waals surface area contributed by atoms with Crippen molar-refractivity contribution in [1.29, 1.82) is 0 Å². The minimum Gasteiger partial charge on any atom is -0.339 e. The van der Waals surface area contributed by atoms with E-state index < -0.39 is 0 Å². The van der Waals surface area contributed by atoms with Crippen LogP contribution in [0.1, 0.15) is 49.8 Å². The molecular weight excluding hydrogens is 276 g/mol. The number of nitrogens with two attached hydrogens (primary N) is 1. The zero-order chi connectivity index (χ0) is 13.9. The molecule has 0 atom stereocenters. The van der Waals surface area contributed by atoms with Crippen molar-refractivity contribution in [3.8, 4) is 0 Å². The van der Waals surface area contributed by atoms with Gasteiger partial charge in [-0.05, 0) is 19.3 Å². The fourth-order valence-corrected chi connectivity index (χ4v) is 2.91. The summed E-state index contributed by atoms with van der Waals surface area (Å²) in [7, 11) is 0. The molecule has 3 rings (SSSR count). The lowest BCUT2D eigenvalue weighted by Gasteiger charge is -2.05. The first kappa shape index (κ1) is 13.6. The Morgan fingerprint density at radius 2 is 2.25 bits per heavy atom. The third kappa shape index (κ3) is 2.85. The Bertz CT molecular complexity index is 576. The van der Waals surface area contributed by atoms with Crippen molar-refractivity contribution in [3.63, 3.8) is 0 Å². The predicted octanol–water partition coefficient (Wildman–Crippen LogP) is 1.70. The lowest BCUT2D eigenvalue weighted by atomic mass is 10.3. The highest BCUT2D eigenvalue weighted by Crippen LogP contribution is 2.39. The number of nitrogens with zero attached hydrogens (tertiary/aromatic N) is 5. The fraction of sp³-hybridized carbons (Fsp3) is 0.667. The maximum atomic E-state index is 5.70. The van der Waals surface area contributed by atoms with Gasteiger partial charge < -0.3 is 14.8 Å². The standard InChI is InChI=1S/C12H18N6OS/c1-2-3-11-14-9(17-19-11)7-20-12-16-15-10(6-13)18(12)8-4-5-8/h8H,2-7,13H2,1H3. The van der Waals surface area contributed by atoms with Crippen molar-refractivity contribution in [1.82, 2.24) is 24.9 Å². The van der Waals surface area contributed by atoms with Gasteiger partial charge >= 0.3 is 0 Å². The molecule has 0 radical (unpaired) electrons. The Morgan fingerprint density at radius 1 is 1.40 bits per heavy atom. The molecule has 0 amide bonds. The molecule has 0 spiro atoms. The summed E-state index contributed by atoms with van der Waals surface area (Å²) >= 11 is 1.58. The Kier molecular flexibility index (Phi) is 4.02. The third-order valence-corrected chi connectivity index (χ3v) is 4.07. The Hall–Kier alpha value is -1.41. The Morgan fingerprint density at radius 3 is 2.95 bits per heavy atom. The second kappa shape index (κ2) is 5.92. The Balaban J connectivity index is 1.67. The average molecular weight is 294 g/mol. The van der Waals surface area contributed by atoms with Gasteiger partial charge in [0, 0.05) is 12.5 Å². The minimum absolute atomic E-state index is 0.424. The van der Waals surface area contributed by atoms with E-state index in [0.29, 0.717) is 30.1 Å². The predicted molar refractivity (Wildman–Crippen MR) is 74.0 cm³/mol. The second-order valence-electron chi connectivity index (χ2n) is 4.85. The van der Waals surface area contributed by atoms with Crippen LogP contribution in [0.25, 0.3) is 0 Å². The van der Waals surface area contributed by atoms with Gasteiger partial charge in [-0.25, -0.2) is 0 Å². The van der Waals surface area contributed by atoms with Crippen molar-refractivity contribution in [2.45, 2.75) is 56.1 Å². The van der Waals surface area contributed by atoms with E-state index in [-0.39, 0.29) is 0 Å². The molecule has 0 saturated heterocycles. The zero-order valence-electron chi connectivity index (χ0n) is 11.4. The highest BCUT2D eigenvalue weighted by atomic mass is 32.2. The molecule has 1 aliphatic carbocycles. The lowest BCUT2D eigenvalue weighted by Crippen LogP contribution is -2.08. The van der Waals surface area contributed by atoms with E-state index in [1.165, 1.54) is 12.8 Å². The number of rotatable bonds is 7. The van der Waals surface area contributed by atoms with Gasteiger partial charge in [0.25, 0.3) is 0 Å². The summed E-state index contributed by atoms with van der Waals surface area (Å²) in [6.07, 6.45) is 4.20. The van der Waals surface area contributed by atoms with Gasteiger partial charge in [0.1, 0.15) is 5.82 Å². The molecule has 2 aromatic heterocycles. The van der Waals surface area contributed by atoms with E-state index in [1.54, 1.807) is 11.8 Å². The molecule has 7 nitrogen and oxygen atoms in total. The molecular formula is C12H18N6OS. The van der Waals surface area contributed by atoms with E-state index >= 15 is 0 Å². The topological polar surface area (TPSA) is 95.7 Å². The summed E-state index contributed by atoms with van der Waals surface area (Å²) < 4.78 is 7.32. The Labute approximate surface area is 121 Å². The van der Waals surface area contributed by atoms with Crippen LogP contribution in [0.2, 0.25) is 0 Å². The van der Waals surface area contributed by atoms with E-state index in [2.05, 4.69) is 31.8 Å². The van der Waals surface area contributed by atoms with E-state index in [4.69, 9.17) is 10.3 Å². The summed E-state index contributed by atoms with van der Waals surface area (Å²) in [6, 6.07) is 0.520. The molecule has 0 aliphatic heterocycles. The van der Waals surface area contributed by atoms with Gasteiger partial charge in [-0.15, -0.1) is 10.2 Å². The average Bonchev–Trinajstić information content (AvgIpc) is 3.05. The molecule has 8 heteroatoms. The molecule has 2 aromatic rings. The number of hydrogen-bond donors (Lipinski definition) is 1. The molecule has 2 N–H and O–H groups in total. The summed E-state index contributed by atoms with van der Waals surface area (Å²) in [5.41, 5.74) is 5.70. The SMILES string of the molecule is CCCc1nc(CSc2nnc(CN)n2C2CC2)no1. The first-order valence-electron chi connectivity index (χ1n) is 6.90. The lowest BCUT2D eigenvalue weighted by molar-refractivity contribution is 0.373. The fourth-order valence-electron chi connectivity index (χ4n) is 2.04. The van der Waals surface area contributed by atoms with Gasteiger partial charge in [0.2, 0.25) is 5.89 Å². The van der Waals surface area contributed by atoms with Crippen molar-refractivity contribution in [3.05, 3.63) is 17.5 Å². The molecule has 2 heterocycles. The minimum atomic E-state index is 0.424. The first-order chi connectivity index (χ1) is 9.81. The molecule has 108 valence electrons. The number of aryl methyl sites for hydroxylation is 1. The number of hydrogen-bond acceptors (Lipinski definition) is 7. The number of thioether (sulfide) groups is 1. The maximum absolute atomic E-state index is 5.70. The van der Waals surface area contributed by atoms with Gasteiger partial charge in [0.15, 0.2) is 11.0 Å². The molecule has 1 fully saturated rings. The van der Waals surface area contributed by atoms with E-state index in [9.17, 15) is 0 Å². The van der Waals surface area contributed by atoms with Gasteiger partial charge in [0.05, 0.1) is 12.3 Å². The van der Waals surface area contributed by atoms with Crippen LogP contribution in [0, 0.1) is 0 Å². The summed E-state index contributed by atoms with van der Waals surface area (Å²) in [6.45, 7) is 2.51. The second-order valence-corrected chi connectivity index (χ2v) is 5.79. The first-order valence-corrected chi connectivity index (χ1v) is 7.88. The van der Waals surface area contributed by atoms with Crippen LogP contribution in [0.3, 0.4) is 0 Å². The highest BCUT2D eigenvalue weighted by molar-refractivity contribution is 7.98. The van der Waals surface area contributed by atoms with Crippen LogP contribution in [-0.2, 0) is 18.7 Å². The third-order valence-electron chi connectivity index (χ3n) is 3.13. The van der Waals surface area contributed by atoms with Crippen LogP contribution in [0.15, 0.2) is 9.68 Å². The summed E-state index contributed by atoms with van der Waals surface area (Å²) in [5.74, 6) is 2.91. The quantitative estimate of drug-likeness (QED) is 0.776. The van der Waals surface area contributed by atoms with Crippen molar-refractivity contribution in [2.24, 2.45) is 5.73 Å². The smallest absolute Gasteiger partial charge is 0.226 e.